The van der Waals surface area contributed by atoms with Crippen LogP contribution in [-0.4, -0.2) is 7.05 Å². The molecule has 66 valence electrons. The van der Waals surface area contributed by atoms with Crippen molar-refractivity contribution in [3.63, 3.8) is 0 Å². The van der Waals surface area contributed by atoms with E-state index in [1.54, 1.807) is 0 Å². The second-order valence-corrected chi connectivity index (χ2v) is 3.74. The van der Waals surface area contributed by atoms with Gasteiger partial charge in [-0.3, -0.25) is 0 Å². The normalized spacial score (nSPS) is 27.5. The van der Waals surface area contributed by atoms with Crippen molar-refractivity contribution < 1.29 is 9.73 Å². The molecule has 0 aromatic carbocycles. The zero-order valence-corrected chi connectivity index (χ0v) is 7.71. The van der Waals surface area contributed by atoms with Crippen molar-refractivity contribution >= 4 is 0 Å². The van der Waals surface area contributed by atoms with Crippen LogP contribution in [0, 0.1) is 5.92 Å². The van der Waals surface area contributed by atoms with Gasteiger partial charge in [0.2, 0.25) is 0 Å². The van der Waals surface area contributed by atoms with E-state index in [4.69, 9.17) is 4.42 Å². The summed E-state index contributed by atoms with van der Waals surface area (Å²) in [5.41, 5.74) is 0. The number of rotatable bonds is 3. The summed E-state index contributed by atoms with van der Waals surface area (Å²) in [6.45, 7) is 3.24. The van der Waals surface area contributed by atoms with Crippen LogP contribution in [0.5, 0.6) is 0 Å². The Morgan fingerprint density at radius 1 is 1.58 bits per heavy atom. The molecule has 0 spiro atoms. The van der Waals surface area contributed by atoms with Crippen LogP contribution >= 0.6 is 0 Å². The standard InChI is InChI=1S/C10H15NO/c1-7-5-9(7)10-4-3-8(12-10)6-11-2/h3-4,7,9,11H,5-6H2,1-2H3/p+1/t7-,9+/m1/s1. The topological polar surface area (TPSA) is 29.8 Å². The molecule has 2 rings (SSSR count). The van der Waals surface area contributed by atoms with Crippen LogP contribution in [-0.2, 0) is 6.54 Å². The lowest BCUT2D eigenvalue weighted by Gasteiger charge is -1.92. The van der Waals surface area contributed by atoms with Crippen molar-refractivity contribution in [3.05, 3.63) is 23.7 Å². The maximum Gasteiger partial charge on any atom is 0.158 e. The van der Waals surface area contributed by atoms with Gasteiger partial charge in [0.05, 0.1) is 7.05 Å². The van der Waals surface area contributed by atoms with Gasteiger partial charge < -0.3 is 9.73 Å². The summed E-state index contributed by atoms with van der Waals surface area (Å²) in [5, 5.41) is 2.12. The van der Waals surface area contributed by atoms with E-state index in [0.29, 0.717) is 0 Å². The molecule has 1 heterocycles. The lowest BCUT2D eigenvalue weighted by atomic mass is 10.3. The van der Waals surface area contributed by atoms with Gasteiger partial charge >= 0.3 is 0 Å². The Kier molecular flexibility index (Phi) is 1.93. The fourth-order valence-electron chi connectivity index (χ4n) is 1.62. The maximum atomic E-state index is 5.69. The molecule has 0 saturated heterocycles. The molecule has 0 unspecified atom stereocenters. The van der Waals surface area contributed by atoms with E-state index < -0.39 is 0 Å². The molecule has 1 aliphatic rings. The Balaban J connectivity index is 2.04. The van der Waals surface area contributed by atoms with Gasteiger partial charge in [-0.1, -0.05) is 6.92 Å². The van der Waals surface area contributed by atoms with Crippen molar-refractivity contribution in [3.8, 4) is 0 Å². The highest BCUT2D eigenvalue weighted by molar-refractivity contribution is 5.17. The molecule has 1 aromatic heterocycles. The van der Waals surface area contributed by atoms with E-state index in [2.05, 4.69) is 31.4 Å². The first-order valence-corrected chi connectivity index (χ1v) is 4.67. The third-order valence-electron chi connectivity index (χ3n) is 2.56. The Bertz CT molecular complexity index is 267. The van der Waals surface area contributed by atoms with Crippen LogP contribution in [0.15, 0.2) is 16.5 Å². The van der Waals surface area contributed by atoms with E-state index in [9.17, 15) is 0 Å². The SMILES string of the molecule is C[NH2+]Cc1ccc([C@H]2C[C@H]2C)o1. The quantitative estimate of drug-likeness (QED) is 0.716. The van der Waals surface area contributed by atoms with Crippen LogP contribution in [0.3, 0.4) is 0 Å². The average Bonchev–Trinajstić information content (AvgIpc) is 2.62. The fraction of sp³-hybridized carbons (Fsp3) is 0.600. The first-order chi connectivity index (χ1) is 5.81. The molecule has 0 aliphatic heterocycles. The number of hydrogen-bond acceptors (Lipinski definition) is 1. The summed E-state index contributed by atoms with van der Waals surface area (Å²) in [6, 6.07) is 4.23. The number of hydrogen-bond donors (Lipinski definition) is 1. The lowest BCUT2D eigenvalue weighted by Crippen LogP contribution is -2.77. The second kappa shape index (κ2) is 2.94. The number of nitrogens with two attached hydrogens (primary N) is 1. The highest BCUT2D eigenvalue weighted by atomic mass is 16.3. The summed E-state index contributed by atoms with van der Waals surface area (Å²) in [4.78, 5) is 0. The molecule has 0 amide bonds. The summed E-state index contributed by atoms with van der Waals surface area (Å²) >= 11 is 0. The van der Waals surface area contributed by atoms with E-state index >= 15 is 0 Å². The molecule has 1 fully saturated rings. The fourth-order valence-corrected chi connectivity index (χ4v) is 1.62. The molecule has 2 atom stereocenters. The molecule has 1 aromatic rings. The summed E-state index contributed by atoms with van der Waals surface area (Å²) in [7, 11) is 2.06. The molecule has 2 nitrogen and oxygen atoms in total. The van der Waals surface area contributed by atoms with Gasteiger partial charge in [-0.05, 0) is 24.5 Å². The van der Waals surface area contributed by atoms with Crippen molar-refractivity contribution in [2.45, 2.75) is 25.8 Å². The molecule has 2 heteroatoms. The maximum absolute atomic E-state index is 5.69. The summed E-state index contributed by atoms with van der Waals surface area (Å²) < 4.78 is 5.69. The zero-order chi connectivity index (χ0) is 8.55. The monoisotopic (exact) mass is 166 g/mol. The van der Waals surface area contributed by atoms with E-state index in [-0.39, 0.29) is 0 Å². The summed E-state index contributed by atoms with van der Waals surface area (Å²) in [6.07, 6.45) is 1.31. The van der Waals surface area contributed by atoms with Crippen LogP contribution < -0.4 is 5.32 Å². The first kappa shape index (κ1) is 7.87. The number of furan rings is 1. The first-order valence-electron chi connectivity index (χ1n) is 4.67. The van der Waals surface area contributed by atoms with Crippen LogP contribution in [0.1, 0.15) is 30.8 Å². The molecular formula is C10H16NO+. The third-order valence-corrected chi connectivity index (χ3v) is 2.56. The molecule has 0 bridgehead atoms. The predicted molar refractivity (Wildman–Crippen MR) is 46.8 cm³/mol. The molecule has 1 aliphatic carbocycles. The molecule has 2 N–H and O–H groups in total. The lowest BCUT2D eigenvalue weighted by molar-refractivity contribution is -0.645. The minimum absolute atomic E-state index is 0.718. The van der Waals surface area contributed by atoms with Gasteiger partial charge in [0.25, 0.3) is 0 Å². The minimum atomic E-state index is 0.718. The third kappa shape index (κ3) is 1.39. The zero-order valence-electron chi connectivity index (χ0n) is 7.71. The molecule has 0 radical (unpaired) electrons. The number of quaternary nitrogens is 1. The molecular weight excluding hydrogens is 150 g/mol. The Hall–Kier alpha value is -0.760. The van der Waals surface area contributed by atoms with Crippen molar-refractivity contribution in [1.29, 1.82) is 0 Å². The van der Waals surface area contributed by atoms with Crippen LogP contribution in [0.25, 0.3) is 0 Å². The van der Waals surface area contributed by atoms with Gasteiger partial charge in [0.15, 0.2) is 5.76 Å². The van der Waals surface area contributed by atoms with Gasteiger partial charge in [0, 0.05) is 5.92 Å². The Morgan fingerprint density at radius 3 is 2.92 bits per heavy atom. The minimum Gasteiger partial charge on any atom is -0.460 e. The predicted octanol–water partition coefficient (Wildman–Crippen LogP) is 1.10. The summed E-state index contributed by atoms with van der Waals surface area (Å²) in [5.74, 6) is 3.86. The molecule has 1 saturated carbocycles. The Labute approximate surface area is 73.0 Å². The van der Waals surface area contributed by atoms with Gasteiger partial charge in [0.1, 0.15) is 12.3 Å². The largest absolute Gasteiger partial charge is 0.460 e. The van der Waals surface area contributed by atoms with Gasteiger partial charge in [-0.2, -0.15) is 0 Å². The highest BCUT2D eigenvalue weighted by Crippen LogP contribution is 2.47. The van der Waals surface area contributed by atoms with Gasteiger partial charge in [-0.15, -0.1) is 0 Å². The molecule has 12 heavy (non-hydrogen) atoms. The van der Waals surface area contributed by atoms with Crippen LogP contribution in [0.2, 0.25) is 0 Å². The average molecular weight is 166 g/mol. The van der Waals surface area contributed by atoms with E-state index in [0.717, 1.165) is 24.1 Å². The second-order valence-electron chi connectivity index (χ2n) is 3.74. The van der Waals surface area contributed by atoms with Crippen molar-refractivity contribution in [1.82, 2.24) is 0 Å². The Morgan fingerprint density at radius 2 is 2.33 bits per heavy atom. The van der Waals surface area contributed by atoms with Gasteiger partial charge in [-0.25, -0.2) is 0 Å². The van der Waals surface area contributed by atoms with Crippen molar-refractivity contribution in [2.24, 2.45) is 5.92 Å². The van der Waals surface area contributed by atoms with E-state index in [1.165, 1.54) is 12.2 Å². The van der Waals surface area contributed by atoms with E-state index in [1.807, 2.05) is 0 Å². The highest BCUT2D eigenvalue weighted by Gasteiger charge is 2.36. The van der Waals surface area contributed by atoms with Crippen molar-refractivity contribution in [2.75, 3.05) is 7.05 Å². The smallest absolute Gasteiger partial charge is 0.158 e. The van der Waals surface area contributed by atoms with Crippen LogP contribution in [0.4, 0.5) is 0 Å².